The van der Waals surface area contributed by atoms with E-state index < -0.39 is 0 Å². The summed E-state index contributed by atoms with van der Waals surface area (Å²) in [7, 11) is 0. The largest absolute Gasteiger partial charge is 0.0707 e. The lowest BCUT2D eigenvalue weighted by Crippen LogP contribution is -2.20. The molecule has 0 aromatic rings. The molecule has 0 aromatic carbocycles. The SMILES string of the molecule is CCCC(CC)=C(C1CCCCC1)C1CCCCC1. The summed E-state index contributed by atoms with van der Waals surface area (Å²) >= 11 is 0. The molecule has 0 atom stereocenters. The third kappa shape index (κ3) is 4.10. The molecule has 0 amide bonds. The molecule has 0 N–H and O–H groups in total. The average molecular weight is 262 g/mol. The zero-order chi connectivity index (χ0) is 13.5. The van der Waals surface area contributed by atoms with Gasteiger partial charge in [-0.1, -0.05) is 69.9 Å². The van der Waals surface area contributed by atoms with Crippen LogP contribution in [0.5, 0.6) is 0 Å². The number of allylic oxidation sites excluding steroid dienone is 2. The van der Waals surface area contributed by atoms with Crippen molar-refractivity contribution in [2.75, 3.05) is 0 Å². The summed E-state index contributed by atoms with van der Waals surface area (Å²) in [5.41, 5.74) is 3.84. The molecule has 0 aliphatic heterocycles. The molecule has 0 heteroatoms. The predicted octanol–water partition coefficient (Wildman–Crippen LogP) is 6.65. The molecular weight excluding hydrogens is 228 g/mol. The van der Waals surface area contributed by atoms with Crippen LogP contribution in [-0.2, 0) is 0 Å². The van der Waals surface area contributed by atoms with Gasteiger partial charge in [0.15, 0.2) is 0 Å². The van der Waals surface area contributed by atoms with Crippen LogP contribution in [0.2, 0.25) is 0 Å². The van der Waals surface area contributed by atoms with Crippen LogP contribution in [0.4, 0.5) is 0 Å². The minimum absolute atomic E-state index is 0.971. The van der Waals surface area contributed by atoms with E-state index in [-0.39, 0.29) is 0 Å². The first-order valence-corrected chi connectivity index (χ1v) is 9.08. The lowest BCUT2D eigenvalue weighted by Gasteiger charge is -2.35. The molecule has 0 saturated heterocycles. The summed E-state index contributed by atoms with van der Waals surface area (Å²) in [6, 6.07) is 0. The quantitative estimate of drug-likeness (QED) is 0.486. The van der Waals surface area contributed by atoms with E-state index in [4.69, 9.17) is 0 Å². The maximum Gasteiger partial charge on any atom is -0.0198 e. The van der Waals surface area contributed by atoms with Gasteiger partial charge in [0.1, 0.15) is 0 Å². The van der Waals surface area contributed by atoms with Crippen LogP contribution in [0.15, 0.2) is 11.1 Å². The van der Waals surface area contributed by atoms with Gasteiger partial charge < -0.3 is 0 Å². The van der Waals surface area contributed by atoms with Crippen molar-refractivity contribution < 1.29 is 0 Å². The second-order valence-electron chi connectivity index (χ2n) is 6.83. The zero-order valence-corrected chi connectivity index (χ0v) is 13.3. The van der Waals surface area contributed by atoms with Crippen molar-refractivity contribution in [2.24, 2.45) is 11.8 Å². The fraction of sp³-hybridized carbons (Fsp3) is 0.895. The maximum atomic E-state index is 2.40. The lowest BCUT2D eigenvalue weighted by molar-refractivity contribution is 0.321. The molecule has 0 heterocycles. The molecule has 0 bridgehead atoms. The Morgan fingerprint density at radius 3 is 1.58 bits per heavy atom. The molecule has 0 radical (unpaired) electrons. The molecule has 0 unspecified atom stereocenters. The summed E-state index contributed by atoms with van der Waals surface area (Å²) in [4.78, 5) is 0. The highest BCUT2D eigenvalue weighted by Gasteiger charge is 2.27. The van der Waals surface area contributed by atoms with Crippen molar-refractivity contribution in [3.05, 3.63) is 11.1 Å². The van der Waals surface area contributed by atoms with E-state index in [0.29, 0.717) is 0 Å². The summed E-state index contributed by atoms with van der Waals surface area (Å²) < 4.78 is 0. The third-order valence-electron chi connectivity index (χ3n) is 5.48. The maximum absolute atomic E-state index is 2.40. The first-order valence-electron chi connectivity index (χ1n) is 9.08. The third-order valence-corrected chi connectivity index (χ3v) is 5.48. The summed E-state index contributed by atoms with van der Waals surface area (Å²) in [6.45, 7) is 4.76. The second kappa shape index (κ2) is 8.12. The molecular formula is C19H34. The molecule has 2 saturated carbocycles. The van der Waals surface area contributed by atoms with Crippen molar-refractivity contribution in [1.82, 2.24) is 0 Å². The standard InChI is InChI=1S/C19H34/c1-3-11-16(4-2)19(17-12-7-5-8-13-17)18-14-9-6-10-15-18/h17-18H,3-15H2,1-2H3. The average Bonchev–Trinajstić information content (AvgIpc) is 2.49. The van der Waals surface area contributed by atoms with Gasteiger partial charge in [0.05, 0.1) is 0 Å². The Kier molecular flexibility index (Phi) is 6.47. The predicted molar refractivity (Wildman–Crippen MR) is 85.4 cm³/mol. The molecule has 0 nitrogen and oxygen atoms in total. The van der Waals surface area contributed by atoms with E-state index in [2.05, 4.69) is 13.8 Å². The van der Waals surface area contributed by atoms with Crippen molar-refractivity contribution >= 4 is 0 Å². The Labute approximate surface area is 121 Å². The topological polar surface area (TPSA) is 0 Å². The molecule has 0 spiro atoms. The Bertz CT molecular complexity index is 254. The monoisotopic (exact) mass is 262 g/mol. The molecule has 19 heavy (non-hydrogen) atoms. The highest BCUT2D eigenvalue weighted by molar-refractivity contribution is 5.21. The van der Waals surface area contributed by atoms with Gasteiger partial charge in [0, 0.05) is 0 Å². The van der Waals surface area contributed by atoms with Gasteiger partial charge in [0.2, 0.25) is 0 Å². The fourth-order valence-electron chi connectivity index (χ4n) is 4.56. The van der Waals surface area contributed by atoms with E-state index in [1.165, 1.54) is 83.5 Å². The molecule has 2 aliphatic rings. The molecule has 0 aromatic heterocycles. The van der Waals surface area contributed by atoms with Gasteiger partial charge in [-0.05, 0) is 50.4 Å². The summed E-state index contributed by atoms with van der Waals surface area (Å²) in [6.07, 6.45) is 19.0. The Morgan fingerprint density at radius 1 is 0.737 bits per heavy atom. The van der Waals surface area contributed by atoms with Crippen molar-refractivity contribution in [3.63, 3.8) is 0 Å². The van der Waals surface area contributed by atoms with Crippen LogP contribution in [-0.4, -0.2) is 0 Å². The fourth-order valence-corrected chi connectivity index (χ4v) is 4.56. The summed E-state index contributed by atoms with van der Waals surface area (Å²) in [5, 5.41) is 0. The minimum Gasteiger partial charge on any atom is -0.0707 e. The van der Waals surface area contributed by atoms with E-state index in [1.54, 1.807) is 0 Å². The van der Waals surface area contributed by atoms with Gasteiger partial charge in [-0.15, -0.1) is 0 Å². The van der Waals surface area contributed by atoms with Crippen LogP contribution in [0, 0.1) is 11.8 Å². The Hall–Kier alpha value is -0.260. The van der Waals surface area contributed by atoms with E-state index in [0.717, 1.165) is 11.8 Å². The number of hydrogen-bond acceptors (Lipinski definition) is 0. The Morgan fingerprint density at radius 2 is 1.21 bits per heavy atom. The molecule has 2 aliphatic carbocycles. The number of rotatable bonds is 5. The lowest BCUT2D eigenvalue weighted by atomic mass is 9.71. The normalized spacial score (nSPS) is 22.4. The summed E-state index contributed by atoms with van der Waals surface area (Å²) in [5.74, 6) is 1.94. The minimum atomic E-state index is 0.971. The molecule has 2 rings (SSSR count). The Balaban J connectivity index is 2.19. The van der Waals surface area contributed by atoms with Crippen LogP contribution < -0.4 is 0 Å². The smallest absolute Gasteiger partial charge is 0.0198 e. The van der Waals surface area contributed by atoms with Crippen molar-refractivity contribution in [2.45, 2.75) is 97.3 Å². The van der Waals surface area contributed by atoms with Gasteiger partial charge >= 0.3 is 0 Å². The van der Waals surface area contributed by atoms with Gasteiger partial charge in [-0.2, -0.15) is 0 Å². The first-order chi connectivity index (χ1) is 9.36. The molecule has 110 valence electrons. The van der Waals surface area contributed by atoms with Crippen LogP contribution >= 0.6 is 0 Å². The van der Waals surface area contributed by atoms with E-state index in [9.17, 15) is 0 Å². The van der Waals surface area contributed by atoms with Gasteiger partial charge in [-0.3, -0.25) is 0 Å². The van der Waals surface area contributed by atoms with E-state index >= 15 is 0 Å². The first kappa shape index (κ1) is 15.1. The molecule has 2 fully saturated rings. The highest BCUT2D eigenvalue weighted by atomic mass is 14.3. The van der Waals surface area contributed by atoms with E-state index in [1.807, 2.05) is 11.1 Å². The number of hydrogen-bond donors (Lipinski definition) is 0. The zero-order valence-electron chi connectivity index (χ0n) is 13.3. The van der Waals surface area contributed by atoms with Crippen molar-refractivity contribution in [1.29, 1.82) is 0 Å². The van der Waals surface area contributed by atoms with Crippen LogP contribution in [0.3, 0.4) is 0 Å². The van der Waals surface area contributed by atoms with Crippen LogP contribution in [0.25, 0.3) is 0 Å². The van der Waals surface area contributed by atoms with Crippen LogP contribution in [0.1, 0.15) is 97.3 Å². The highest BCUT2D eigenvalue weighted by Crippen LogP contribution is 2.42. The second-order valence-corrected chi connectivity index (χ2v) is 6.83. The van der Waals surface area contributed by atoms with Gasteiger partial charge in [0.25, 0.3) is 0 Å². The van der Waals surface area contributed by atoms with Gasteiger partial charge in [-0.25, -0.2) is 0 Å². The van der Waals surface area contributed by atoms with Crippen molar-refractivity contribution in [3.8, 4) is 0 Å².